The third-order valence-corrected chi connectivity index (χ3v) is 2.61. The number of aliphatic carboxylic acids is 1. The summed E-state index contributed by atoms with van der Waals surface area (Å²) in [6, 6.07) is -0.416. The number of hydrogen-bond acceptors (Lipinski definition) is 4. The predicted octanol–water partition coefficient (Wildman–Crippen LogP) is 1.46. The lowest BCUT2D eigenvalue weighted by atomic mass is 10.2. The molecule has 7 heteroatoms. The average Bonchev–Trinajstić information content (AvgIpc) is 2.28. The van der Waals surface area contributed by atoms with Crippen molar-refractivity contribution in [2.45, 2.75) is 26.3 Å². The van der Waals surface area contributed by atoms with Crippen LogP contribution in [-0.4, -0.2) is 44.4 Å². The largest absolute Gasteiger partial charge is 0.481 e. The third kappa shape index (κ3) is 3.66. The van der Waals surface area contributed by atoms with Gasteiger partial charge in [0.2, 0.25) is 0 Å². The SMILES string of the molecule is CCN(C(=O)c1cncc(Cl)n1)C(C)CC(=O)O. The molecule has 98 valence electrons. The van der Waals surface area contributed by atoms with Gasteiger partial charge >= 0.3 is 5.97 Å². The summed E-state index contributed by atoms with van der Waals surface area (Å²) in [5.74, 6) is -1.33. The van der Waals surface area contributed by atoms with Crippen LogP contribution in [0.4, 0.5) is 0 Å². The van der Waals surface area contributed by atoms with E-state index in [2.05, 4.69) is 9.97 Å². The molecular formula is C11H14ClN3O3. The van der Waals surface area contributed by atoms with Crippen LogP contribution in [0.3, 0.4) is 0 Å². The standard InChI is InChI=1S/C11H14ClN3O3/c1-3-15(7(2)4-10(16)17)11(18)8-5-13-6-9(12)14-8/h5-7H,3-4H2,1-2H3,(H,16,17). The fourth-order valence-electron chi connectivity index (χ4n) is 1.61. The molecule has 0 aliphatic rings. The van der Waals surface area contributed by atoms with E-state index >= 15 is 0 Å². The zero-order valence-electron chi connectivity index (χ0n) is 10.1. The Hall–Kier alpha value is -1.69. The zero-order chi connectivity index (χ0) is 13.7. The molecule has 1 aromatic heterocycles. The van der Waals surface area contributed by atoms with E-state index in [9.17, 15) is 9.59 Å². The lowest BCUT2D eigenvalue weighted by Gasteiger charge is -2.26. The van der Waals surface area contributed by atoms with Crippen molar-refractivity contribution in [1.29, 1.82) is 0 Å². The molecule has 1 N–H and O–H groups in total. The molecule has 1 rings (SSSR count). The maximum Gasteiger partial charge on any atom is 0.305 e. The summed E-state index contributed by atoms with van der Waals surface area (Å²) < 4.78 is 0. The Morgan fingerprint density at radius 2 is 2.17 bits per heavy atom. The number of nitrogens with zero attached hydrogens (tertiary/aromatic N) is 3. The van der Waals surface area contributed by atoms with Crippen molar-refractivity contribution in [2.24, 2.45) is 0 Å². The number of hydrogen-bond donors (Lipinski definition) is 1. The van der Waals surface area contributed by atoms with Gasteiger partial charge in [-0.3, -0.25) is 14.6 Å². The Morgan fingerprint density at radius 1 is 1.50 bits per heavy atom. The number of aromatic nitrogens is 2. The normalized spacial score (nSPS) is 11.9. The highest BCUT2D eigenvalue weighted by Crippen LogP contribution is 2.10. The topological polar surface area (TPSA) is 83.4 Å². The quantitative estimate of drug-likeness (QED) is 0.876. The van der Waals surface area contributed by atoms with E-state index < -0.39 is 12.0 Å². The first-order chi connectivity index (χ1) is 8.45. The molecule has 0 aromatic carbocycles. The molecule has 1 aromatic rings. The Labute approximate surface area is 110 Å². The van der Waals surface area contributed by atoms with Crippen LogP contribution >= 0.6 is 11.6 Å². The molecule has 0 saturated carbocycles. The van der Waals surface area contributed by atoms with E-state index in [0.29, 0.717) is 6.54 Å². The van der Waals surface area contributed by atoms with Gasteiger partial charge in [0.1, 0.15) is 10.8 Å². The maximum atomic E-state index is 12.1. The number of rotatable bonds is 5. The van der Waals surface area contributed by atoms with E-state index in [1.807, 2.05) is 0 Å². The van der Waals surface area contributed by atoms with Crippen LogP contribution in [0, 0.1) is 0 Å². The van der Waals surface area contributed by atoms with Crippen LogP contribution in [0.5, 0.6) is 0 Å². The van der Waals surface area contributed by atoms with E-state index in [1.54, 1.807) is 13.8 Å². The molecule has 0 aliphatic heterocycles. The van der Waals surface area contributed by atoms with Gasteiger partial charge in [-0.2, -0.15) is 0 Å². The average molecular weight is 272 g/mol. The van der Waals surface area contributed by atoms with E-state index in [-0.39, 0.29) is 23.2 Å². The number of carboxylic acid groups (broad SMARTS) is 1. The molecule has 0 spiro atoms. The minimum atomic E-state index is -0.953. The Balaban J connectivity index is 2.88. The molecular weight excluding hydrogens is 258 g/mol. The van der Waals surface area contributed by atoms with Gasteiger partial charge in [-0.05, 0) is 13.8 Å². The maximum absolute atomic E-state index is 12.1. The molecule has 1 heterocycles. The molecule has 0 fully saturated rings. The van der Waals surface area contributed by atoms with Crippen LogP contribution in [0.25, 0.3) is 0 Å². The molecule has 0 aliphatic carbocycles. The smallest absolute Gasteiger partial charge is 0.305 e. The molecule has 1 amide bonds. The Morgan fingerprint density at radius 3 is 2.67 bits per heavy atom. The van der Waals surface area contributed by atoms with Gasteiger partial charge in [-0.25, -0.2) is 4.98 Å². The first-order valence-corrected chi connectivity index (χ1v) is 5.83. The van der Waals surface area contributed by atoms with Crippen molar-refractivity contribution < 1.29 is 14.7 Å². The van der Waals surface area contributed by atoms with Crippen molar-refractivity contribution >= 4 is 23.5 Å². The van der Waals surface area contributed by atoms with E-state index in [4.69, 9.17) is 16.7 Å². The van der Waals surface area contributed by atoms with Gasteiger partial charge in [0.25, 0.3) is 5.91 Å². The summed E-state index contributed by atoms with van der Waals surface area (Å²) in [5, 5.41) is 8.87. The summed E-state index contributed by atoms with van der Waals surface area (Å²) in [6.45, 7) is 3.84. The number of carbonyl (C=O) groups excluding carboxylic acids is 1. The molecule has 1 atom stereocenters. The van der Waals surface area contributed by atoms with Gasteiger partial charge in [-0.15, -0.1) is 0 Å². The lowest BCUT2D eigenvalue weighted by Crippen LogP contribution is -2.40. The first-order valence-electron chi connectivity index (χ1n) is 5.46. The van der Waals surface area contributed by atoms with Crippen LogP contribution in [0.15, 0.2) is 12.4 Å². The highest BCUT2D eigenvalue weighted by molar-refractivity contribution is 6.29. The summed E-state index contributed by atoms with van der Waals surface area (Å²) in [5.41, 5.74) is 0.113. The van der Waals surface area contributed by atoms with Crippen LogP contribution in [0.1, 0.15) is 30.8 Å². The number of carbonyl (C=O) groups is 2. The Bertz CT molecular complexity index is 453. The monoisotopic (exact) mass is 271 g/mol. The van der Waals surface area contributed by atoms with Crippen molar-refractivity contribution in [3.05, 3.63) is 23.2 Å². The van der Waals surface area contributed by atoms with Crippen LogP contribution in [0.2, 0.25) is 5.15 Å². The number of amides is 1. The minimum Gasteiger partial charge on any atom is -0.481 e. The van der Waals surface area contributed by atoms with Gasteiger partial charge in [0, 0.05) is 12.6 Å². The summed E-state index contributed by atoms with van der Waals surface area (Å²) in [6.07, 6.45) is 2.52. The van der Waals surface area contributed by atoms with Gasteiger partial charge < -0.3 is 10.0 Å². The van der Waals surface area contributed by atoms with Crippen molar-refractivity contribution in [2.75, 3.05) is 6.54 Å². The highest BCUT2D eigenvalue weighted by Gasteiger charge is 2.23. The van der Waals surface area contributed by atoms with Crippen molar-refractivity contribution in [3.8, 4) is 0 Å². The second kappa shape index (κ2) is 6.30. The fraction of sp³-hybridized carbons (Fsp3) is 0.455. The molecule has 18 heavy (non-hydrogen) atoms. The highest BCUT2D eigenvalue weighted by atomic mass is 35.5. The second-order valence-electron chi connectivity index (χ2n) is 3.77. The summed E-state index contributed by atoms with van der Waals surface area (Å²) in [7, 11) is 0. The minimum absolute atomic E-state index is 0.113. The second-order valence-corrected chi connectivity index (χ2v) is 4.15. The molecule has 0 radical (unpaired) electrons. The van der Waals surface area contributed by atoms with Crippen LogP contribution < -0.4 is 0 Å². The summed E-state index contributed by atoms with van der Waals surface area (Å²) >= 11 is 5.66. The number of carboxylic acids is 1. The van der Waals surface area contributed by atoms with Gasteiger partial charge in [-0.1, -0.05) is 11.6 Å². The van der Waals surface area contributed by atoms with Crippen molar-refractivity contribution in [3.63, 3.8) is 0 Å². The van der Waals surface area contributed by atoms with Gasteiger partial charge in [0.15, 0.2) is 0 Å². The van der Waals surface area contributed by atoms with Crippen molar-refractivity contribution in [1.82, 2.24) is 14.9 Å². The predicted molar refractivity (Wildman–Crippen MR) is 65.5 cm³/mol. The summed E-state index contributed by atoms with van der Waals surface area (Å²) in [4.78, 5) is 31.9. The molecule has 1 unspecified atom stereocenters. The molecule has 6 nitrogen and oxygen atoms in total. The molecule has 0 saturated heterocycles. The Kier molecular flexibility index (Phi) is 5.03. The van der Waals surface area contributed by atoms with Gasteiger partial charge in [0.05, 0.1) is 18.8 Å². The van der Waals surface area contributed by atoms with E-state index in [0.717, 1.165) is 0 Å². The fourth-order valence-corrected chi connectivity index (χ4v) is 1.76. The lowest BCUT2D eigenvalue weighted by molar-refractivity contribution is -0.138. The number of halogens is 1. The van der Waals surface area contributed by atoms with Crippen LogP contribution in [-0.2, 0) is 4.79 Å². The third-order valence-electron chi connectivity index (χ3n) is 2.43. The van der Waals surface area contributed by atoms with E-state index in [1.165, 1.54) is 17.3 Å². The first kappa shape index (κ1) is 14.4. The zero-order valence-corrected chi connectivity index (χ0v) is 10.9. The molecule has 0 bridgehead atoms.